The SMILES string of the molecule is CC(=O)c1cccc(-c2cc3c(N[C@H]4CN5CCC4CC5)c(-c4nc5ccccc5[nH]4)c(=O)[nH]c3cc2Cl)c1. The van der Waals surface area contributed by atoms with Gasteiger partial charge in [0.15, 0.2) is 5.78 Å². The second-order valence-electron chi connectivity index (χ2n) is 10.7. The highest BCUT2D eigenvalue weighted by Crippen LogP contribution is 2.39. The number of benzene rings is 3. The number of fused-ring (bicyclic) bond motifs is 5. The molecule has 3 N–H and O–H groups in total. The molecule has 3 aliphatic rings. The van der Waals surface area contributed by atoms with Crippen molar-refractivity contribution in [1.82, 2.24) is 19.9 Å². The molecule has 0 radical (unpaired) electrons. The van der Waals surface area contributed by atoms with Gasteiger partial charge in [-0.2, -0.15) is 0 Å². The van der Waals surface area contributed by atoms with Gasteiger partial charge in [0, 0.05) is 29.1 Å². The molecular weight excluding hydrogens is 510 g/mol. The lowest BCUT2D eigenvalue weighted by Gasteiger charge is -2.45. The molecule has 5 heterocycles. The third-order valence-corrected chi connectivity index (χ3v) is 8.61. The van der Waals surface area contributed by atoms with Crippen molar-refractivity contribution in [2.24, 2.45) is 5.92 Å². The maximum Gasteiger partial charge on any atom is 0.261 e. The van der Waals surface area contributed by atoms with Crippen LogP contribution in [0.3, 0.4) is 0 Å². The van der Waals surface area contributed by atoms with Crippen molar-refractivity contribution in [2.75, 3.05) is 25.0 Å². The first-order valence-electron chi connectivity index (χ1n) is 13.4. The molecule has 2 aromatic heterocycles. The highest BCUT2D eigenvalue weighted by atomic mass is 35.5. The van der Waals surface area contributed by atoms with E-state index in [1.165, 1.54) is 0 Å². The molecular formula is C31H28ClN5O2. The number of hydrogen-bond acceptors (Lipinski definition) is 5. The molecule has 2 bridgehead atoms. The van der Waals surface area contributed by atoms with E-state index in [1.807, 2.05) is 48.5 Å². The summed E-state index contributed by atoms with van der Waals surface area (Å²) in [6, 6.07) is 19.3. The maximum atomic E-state index is 13.7. The van der Waals surface area contributed by atoms with Crippen molar-refractivity contribution in [3.05, 3.63) is 81.6 Å². The molecule has 3 aliphatic heterocycles. The summed E-state index contributed by atoms with van der Waals surface area (Å²) in [5, 5.41) is 5.18. The Kier molecular flexibility index (Phi) is 5.79. The topological polar surface area (TPSA) is 93.9 Å². The minimum Gasteiger partial charge on any atom is -0.379 e. The minimum atomic E-state index is -0.229. The number of pyridine rings is 1. The third kappa shape index (κ3) is 4.22. The lowest BCUT2D eigenvalue weighted by atomic mass is 9.83. The first-order chi connectivity index (χ1) is 18.9. The van der Waals surface area contributed by atoms with Crippen LogP contribution in [0.5, 0.6) is 0 Å². The second-order valence-corrected chi connectivity index (χ2v) is 11.1. The van der Waals surface area contributed by atoms with Crippen LogP contribution in [0.25, 0.3) is 44.5 Å². The first-order valence-corrected chi connectivity index (χ1v) is 13.8. The number of rotatable bonds is 5. The van der Waals surface area contributed by atoms with Crippen molar-refractivity contribution in [2.45, 2.75) is 25.8 Å². The number of anilines is 1. The van der Waals surface area contributed by atoms with Gasteiger partial charge in [0.1, 0.15) is 11.4 Å². The Bertz CT molecular complexity index is 1780. The van der Waals surface area contributed by atoms with Crippen LogP contribution in [0.2, 0.25) is 5.02 Å². The summed E-state index contributed by atoms with van der Waals surface area (Å²) >= 11 is 6.78. The predicted octanol–water partition coefficient (Wildman–Crippen LogP) is 6.10. The van der Waals surface area contributed by atoms with Crippen LogP contribution in [0.4, 0.5) is 5.69 Å². The van der Waals surface area contributed by atoms with Gasteiger partial charge in [-0.3, -0.25) is 9.59 Å². The van der Waals surface area contributed by atoms with Gasteiger partial charge in [-0.25, -0.2) is 4.98 Å². The average molecular weight is 538 g/mol. The molecule has 39 heavy (non-hydrogen) atoms. The molecule has 196 valence electrons. The van der Waals surface area contributed by atoms with Crippen molar-refractivity contribution in [3.8, 4) is 22.5 Å². The fraction of sp³-hybridized carbons (Fsp3) is 0.258. The Morgan fingerprint density at radius 2 is 1.85 bits per heavy atom. The standard InChI is InChI=1S/C31H28ClN5O2/c1-17(38)19-5-4-6-20(13-19)21-14-22-26(15-23(21)32)36-31(39)28(30-34-24-7-2-3-8-25(24)35-30)29(22)33-27-16-37-11-9-18(27)10-12-37/h2-8,13-15,18,27H,9-12,16H2,1H3,(H,34,35)(H2,33,36,39)/t27-/m0/s1. The van der Waals surface area contributed by atoms with Crippen LogP contribution in [0.1, 0.15) is 30.1 Å². The van der Waals surface area contributed by atoms with Gasteiger partial charge in [0.2, 0.25) is 0 Å². The molecule has 3 fully saturated rings. The lowest BCUT2D eigenvalue weighted by molar-refractivity contribution is 0.0976. The number of imidazole rings is 1. The quantitative estimate of drug-likeness (QED) is 0.235. The van der Waals surface area contributed by atoms with Gasteiger partial charge in [0.25, 0.3) is 5.56 Å². The van der Waals surface area contributed by atoms with Gasteiger partial charge in [-0.05, 0) is 74.7 Å². The second kappa shape index (κ2) is 9.36. The number of aromatic amines is 2. The third-order valence-electron chi connectivity index (χ3n) is 8.29. The monoisotopic (exact) mass is 537 g/mol. The van der Waals surface area contributed by atoms with E-state index in [2.05, 4.69) is 20.2 Å². The molecule has 5 aromatic rings. The fourth-order valence-electron chi connectivity index (χ4n) is 6.20. The molecule has 1 atom stereocenters. The van der Waals surface area contributed by atoms with Gasteiger partial charge >= 0.3 is 0 Å². The van der Waals surface area contributed by atoms with Crippen LogP contribution in [-0.4, -0.2) is 51.3 Å². The number of nitrogens with zero attached hydrogens (tertiary/aromatic N) is 2. The summed E-state index contributed by atoms with van der Waals surface area (Å²) in [7, 11) is 0. The first kappa shape index (κ1) is 24.1. The molecule has 0 spiro atoms. The summed E-state index contributed by atoms with van der Waals surface area (Å²) in [6.07, 6.45) is 2.29. The summed E-state index contributed by atoms with van der Waals surface area (Å²) in [6.45, 7) is 4.75. The molecule has 3 aromatic carbocycles. The molecule has 8 heteroatoms. The predicted molar refractivity (Wildman–Crippen MR) is 157 cm³/mol. The highest BCUT2D eigenvalue weighted by Gasteiger charge is 2.35. The molecule has 0 unspecified atom stereocenters. The fourth-order valence-corrected chi connectivity index (χ4v) is 6.48. The van der Waals surface area contributed by atoms with Gasteiger partial charge < -0.3 is 20.2 Å². The number of Topliss-reactive ketones (excluding diaryl/α,β-unsaturated/α-hetero) is 1. The van der Waals surface area contributed by atoms with E-state index in [9.17, 15) is 9.59 Å². The molecule has 3 saturated heterocycles. The zero-order chi connectivity index (χ0) is 26.7. The zero-order valence-corrected chi connectivity index (χ0v) is 22.3. The van der Waals surface area contributed by atoms with Crippen LogP contribution in [0, 0.1) is 5.92 Å². The molecule has 0 amide bonds. The van der Waals surface area contributed by atoms with Crippen molar-refractivity contribution < 1.29 is 4.79 Å². The van der Waals surface area contributed by atoms with Crippen molar-refractivity contribution >= 4 is 45.0 Å². The van der Waals surface area contributed by atoms with Crippen LogP contribution >= 0.6 is 11.6 Å². The van der Waals surface area contributed by atoms with E-state index >= 15 is 0 Å². The number of carbonyl (C=O) groups is 1. The number of ketones is 1. The number of halogens is 1. The molecule has 0 aliphatic carbocycles. The normalized spacial score (nSPS) is 20.5. The van der Waals surface area contributed by atoms with E-state index < -0.39 is 0 Å². The van der Waals surface area contributed by atoms with E-state index in [1.54, 1.807) is 19.1 Å². The number of carbonyl (C=O) groups excluding carboxylic acids is 1. The summed E-state index contributed by atoms with van der Waals surface area (Å²) < 4.78 is 0. The van der Waals surface area contributed by atoms with Gasteiger partial charge in [0.05, 0.1) is 27.3 Å². The number of aromatic nitrogens is 3. The number of nitrogens with one attached hydrogen (secondary N) is 3. The Morgan fingerprint density at radius 3 is 2.59 bits per heavy atom. The van der Waals surface area contributed by atoms with Crippen LogP contribution in [0.15, 0.2) is 65.5 Å². The molecule has 7 nitrogen and oxygen atoms in total. The number of H-pyrrole nitrogens is 2. The van der Waals surface area contributed by atoms with E-state index in [-0.39, 0.29) is 17.4 Å². The van der Waals surface area contributed by atoms with Crippen LogP contribution < -0.4 is 10.9 Å². The smallest absolute Gasteiger partial charge is 0.261 e. The average Bonchev–Trinajstić information content (AvgIpc) is 3.37. The van der Waals surface area contributed by atoms with Gasteiger partial charge in [-0.1, -0.05) is 41.9 Å². The summed E-state index contributed by atoms with van der Waals surface area (Å²) in [4.78, 5) is 39.5. The maximum absolute atomic E-state index is 13.7. The largest absolute Gasteiger partial charge is 0.379 e. The van der Waals surface area contributed by atoms with Crippen LogP contribution in [-0.2, 0) is 0 Å². The highest BCUT2D eigenvalue weighted by molar-refractivity contribution is 6.34. The zero-order valence-electron chi connectivity index (χ0n) is 21.6. The van der Waals surface area contributed by atoms with Crippen molar-refractivity contribution in [1.29, 1.82) is 0 Å². The van der Waals surface area contributed by atoms with E-state index in [0.29, 0.717) is 33.4 Å². The minimum absolute atomic E-state index is 0.00466. The summed E-state index contributed by atoms with van der Waals surface area (Å²) in [5.41, 5.74) is 5.61. The summed E-state index contributed by atoms with van der Waals surface area (Å²) in [5.74, 6) is 1.07. The van der Waals surface area contributed by atoms with Gasteiger partial charge in [-0.15, -0.1) is 0 Å². The number of hydrogen-bond donors (Lipinski definition) is 3. The van der Waals surface area contributed by atoms with E-state index in [0.717, 1.165) is 65.7 Å². The Morgan fingerprint density at radius 1 is 1.03 bits per heavy atom. The van der Waals surface area contributed by atoms with E-state index in [4.69, 9.17) is 16.6 Å². The Balaban J connectivity index is 1.46. The number of piperidine rings is 3. The Hall–Kier alpha value is -3.94. The Labute approximate surface area is 230 Å². The van der Waals surface area contributed by atoms with Crippen molar-refractivity contribution in [3.63, 3.8) is 0 Å². The number of para-hydroxylation sites is 2. The lowest BCUT2D eigenvalue weighted by Crippen LogP contribution is -2.53. The molecule has 8 rings (SSSR count). The molecule has 0 saturated carbocycles.